The number of benzene rings is 1. The van der Waals surface area contributed by atoms with Gasteiger partial charge in [0.2, 0.25) is 5.78 Å². The molecule has 1 aliphatic heterocycles. The van der Waals surface area contributed by atoms with Gasteiger partial charge in [0.05, 0.1) is 45.6 Å². The van der Waals surface area contributed by atoms with E-state index in [4.69, 9.17) is 9.15 Å². The molecule has 0 spiro atoms. The molecule has 7 nitrogen and oxygen atoms in total. The average Bonchev–Trinajstić information content (AvgIpc) is 3.30. The molecule has 148 valence electrons. The smallest absolute Gasteiger partial charge is 0.290 e. The van der Waals surface area contributed by atoms with Gasteiger partial charge in [-0.15, -0.1) is 0 Å². The van der Waals surface area contributed by atoms with Crippen LogP contribution >= 0.6 is 0 Å². The lowest BCUT2D eigenvalue weighted by molar-refractivity contribution is -0.858. The molecular weight excluding hydrogens is 360 g/mol. The lowest BCUT2D eigenvalue weighted by Gasteiger charge is -2.27. The topological polar surface area (TPSA) is 84.4 Å². The standard InChI is InChI=1S/C21H24N2O5/c1-22(2)11-5-12-23-18(14-7-9-15(27-3)10-8-14)17(20(25)21(23)26)19(24)16-6-4-13-28-16/h4,6-10,13,18,25H,5,11-12H2,1-3H3/p+1. The number of ketones is 1. The predicted octanol–water partition coefficient (Wildman–Crippen LogP) is 1.40. The number of quaternary nitrogens is 1. The molecule has 0 bridgehead atoms. The summed E-state index contributed by atoms with van der Waals surface area (Å²) in [6.45, 7) is 1.29. The molecule has 7 heteroatoms. The van der Waals surface area contributed by atoms with E-state index in [1.165, 1.54) is 17.2 Å². The summed E-state index contributed by atoms with van der Waals surface area (Å²) in [5.74, 6) is -0.781. The van der Waals surface area contributed by atoms with Crippen LogP contribution in [0.2, 0.25) is 0 Å². The molecule has 3 rings (SSSR count). The van der Waals surface area contributed by atoms with Crippen LogP contribution in [0.4, 0.5) is 0 Å². The minimum atomic E-state index is -0.673. The summed E-state index contributed by atoms with van der Waals surface area (Å²) < 4.78 is 10.4. The Morgan fingerprint density at radius 2 is 1.96 bits per heavy atom. The molecule has 0 saturated heterocycles. The summed E-state index contributed by atoms with van der Waals surface area (Å²) in [6, 6.07) is 9.59. The van der Waals surface area contributed by atoms with Gasteiger partial charge in [-0.05, 0) is 29.8 Å². The molecule has 28 heavy (non-hydrogen) atoms. The van der Waals surface area contributed by atoms with Crippen LogP contribution in [-0.4, -0.2) is 56.0 Å². The summed E-state index contributed by atoms with van der Waals surface area (Å²) in [4.78, 5) is 28.6. The van der Waals surface area contributed by atoms with Crippen LogP contribution in [0, 0.1) is 0 Å². The van der Waals surface area contributed by atoms with Crippen LogP contribution in [0.1, 0.15) is 28.6 Å². The van der Waals surface area contributed by atoms with Crippen molar-refractivity contribution in [3.8, 4) is 5.75 Å². The van der Waals surface area contributed by atoms with Crippen molar-refractivity contribution >= 4 is 11.7 Å². The van der Waals surface area contributed by atoms with Gasteiger partial charge in [0.1, 0.15) is 5.75 Å². The van der Waals surface area contributed by atoms with E-state index in [1.807, 2.05) is 14.1 Å². The lowest BCUT2D eigenvalue weighted by atomic mass is 9.95. The Labute approximate surface area is 163 Å². The number of aliphatic hydroxyl groups is 1. The Morgan fingerprint density at radius 3 is 2.54 bits per heavy atom. The molecule has 1 amide bonds. The van der Waals surface area contributed by atoms with Gasteiger partial charge < -0.3 is 24.1 Å². The molecule has 1 aliphatic rings. The van der Waals surface area contributed by atoms with E-state index >= 15 is 0 Å². The third kappa shape index (κ3) is 3.80. The Kier molecular flexibility index (Phi) is 5.84. The SMILES string of the molecule is COc1ccc(C2C(C(=O)c3ccco3)=C(O)C(=O)N2CCC[NH+](C)C)cc1. The van der Waals surface area contributed by atoms with E-state index in [1.54, 1.807) is 42.3 Å². The van der Waals surface area contributed by atoms with Crippen LogP contribution in [0.5, 0.6) is 5.75 Å². The zero-order valence-corrected chi connectivity index (χ0v) is 16.3. The quantitative estimate of drug-likeness (QED) is 0.671. The van der Waals surface area contributed by atoms with E-state index in [2.05, 4.69) is 0 Å². The largest absolute Gasteiger partial charge is 0.503 e. The first-order chi connectivity index (χ1) is 13.4. The van der Waals surface area contributed by atoms with Crippen molar-refractivity contribution in [2.45, 2.75) is 12.5 Å². The maximum absolute atomic E-state index is 13.0. The number of methoxy groups -OCH3 is 1. The molecule has 1 unspecified atom stereocenters. The normalized spacial score (nSPS) is 16.9. The number of rotatable bonds is 8. The van der Waals surface area contributed by atoms with E-state index < -0.39 is 23.5 Å². The summed E-state index contributed by atoms with van der Waals surface area (Å²) in [6.07, 6.45) is 2.14. The maximum Gasteiger partial charge on any atom is 0.290 e. The fourth-order valence-corrected chi connectivity index (χ4v) is 3.39. The number of amides is 1. The lowest BCUT2D eigenvalue weighted by Crippen LogP contribution is -3.05. The van der Waals surface area contributed by atoms with Crippen molar-refractivity contribution in [3.63, 3.8) is 0 Å². The predicted molar refractivity (Wildman–Crippen MR) is 102 cm³/mol. The molecule has 0 fully saturated rings. The highest BCUT2D eigenvalue weighted by Crippen LogP contribution is 2.39. The molecule has 0 aliphatic carbocycles. The van der Waals surface area contributed by atoms with Gasteiger partial charge in [0.25, 0.3) is 5.91 Å². The van der Waals surface area contributed by atoms with Gasteiger partial charge >= 0.3 is 0 Å². The van der Waals surface area contributed by atoms with Crippen LogP contribution in [0.25, 0.3) is 0 Å². The molecule has 2 aromatic rings. The average molecular weight is 385 g/mol. The first-order valence-corrected chi connectivity index (χ1v) is 9.19. The molecule has 1 aromatic heterocycles. The molecule has 0 saturated carbocycles. The minimum Gasteiger partial charge on any atom is -0.503 e. The van der Waals surface area contributed by atoms with Crippen LogP contribution < -0.4 is 9.64 Å². The second-order valence-corrected chi connectivity index (χ2v) is 7.05. The van der Waals surface area contributed by atoms with Crippen molar-refractivity contribution in [1.29, 1.82) is 0 Å². The number of nitrogens with one attached hydrogen (secondary N) is 1. The van der Waals surface area contributed by atoms with Gasteiger partial charge in [0, 0.05) is 13.0 Å². The van der Waals surface area contributed by atoms with Crippen LogP contribution in [0.15, 0.2) is 58.4 Å². The molecule has 2 N–H and O–H groups in total. The zero-order valence-electron chi connectivity index (χ0n) is 16.3. The monoisotopic (exact) mass is 385 g/mol. The Balaban J connectivity index is 1.99. The van der Waals surface area contributed by atoms with Crippen molar-refractivity contribution in [3.05, 3.63) is 65.3 Å². The highest BCUT2D eigenvalue weighted by atomic mass is 16.5. The van der Waals surface area contributed by atoms with E-state index in [0.29, 0.717) is 12.3 Å². The molecule has 0 radical (unpaired) electrons. The van der Waals surface area contributed by atoms with Crippen molar-refractivity contribution in [2.24, 2.45) is 0 Å². The van der Waals surface area contributed by atoms with Crippen LogP contribution in [-0.2, 0) is 4.79 Å². The first kappa shape index (κ1) is 19.7. The summed E-state index contributed by atoms with van der Waals surface area (Å²) in [7, 11) is 5.64. The summed E-state index contributed by atoms with van der Waals surface area (Å²) in [5.41, 5.74) is 0.771. The third-order valence-electron chi connectivity index (χ3n) is 4.80. The van der Waals surface area contributed by atoms with E-state index in [9.17, 15) is 14.7 Å². The molecular formula is C21H25N2O5+. The Bertz CT molecular complexity index is 869. The molecule has 1 atom stereocenters. The minimum absolute atomic E-state index is 0.0438. The number of carbonyl (C=O) groups is 2. The number of ether oxygens (including phenoxy) is 1. The van der Waals surface area contributed by atoms with E-state index in [0.717, 1.165) is 18.5 Å². The zero-order chi connectivity index (χ0) is 20.3. The van der Waals surface area contributed by atoms with Crippen molar-refractivity contribution in [2.75, 3.05) is 34.3 Å². The van der Waals surface area contributed by atoms with Gasteiger partial charge in [0.15, 0.2) is 11.5 Å². The van der Waals surface area contributed by atoms with Crippen LogP contribution in [0.3, 0.4) is 0 Å². The fraction of sp³-hybridized carbons (Fsp3) is 0.333. The third-order valence-corrected chi connectivity index (χ3v) is 4.80. The van der Waals surface area contributed by atoms with Gasteiger partial charge in [-0.25, -0.2) is 0 Å². The number of hydrogen-bond acceptors (Lipinski definition) is 5. The van der Waals surface area contributed by atoms with Gasteiger partial charge in [-0.3, -0.25) is 9.59 Å². The second kappa shape index (κ2) is 8.31. The second-order valence-electron chi connectivity index (χ2n) is 7.05. The molecule has 1 aromatic carbocycles. The van der Waals surface area contributed by atoms with E-state index in [-0.39, 0.29) is 11.3 Å². The fourth-order valence-electron chi connectivity index (χ4n) is 3.39. The Morgan fingerprint density at radius 1 is 1.25 bits per heavy atom. The highest BCUT2D eigenvalue weighted by molar-refractivity contribution is 6.15. The number of carbonyl (C=O) groups excluding carboxylic acids is 2. The Hall–Kier alpha value is -3.06. The van der Waals surface area contributed by atoms with Gasteiger partial charge in [-0.1, -0.05) is 12.1 Å². The molecule has 2 heterocycles. The number of nitrogens with zero attached hydrogens (tertiary/aromatic N) is 1. The number of furan rings is 1. The first-order valence-electron chi connectivity index (χ1n) is 9.19. The summed E-state index contributed by atoms with van der Waals surface area (Å²) in [5, 5.41) is 10.5. The maximum atomic E-state index is 13.0. The number of Topliss-reactive ketones (excluding diaryl/α,β-unsaturated/α-hetero) is 1. The van der Waals surface area contributed by atoms with Gasteiger partial charge in [-0.2, -0.15) is 0 Å². The van der Waals surface area contributed by atoms with Crippen molar-refractivity contribution in [1.82, 2.24) is 4.90 Å². The highest BCUT2D eigenvalue weighted by Gasteiger charge is 2.44. The number of aliphatic hydroxyl groups excluding tert-OH is 1. The summed E-state index contributed by atoms with van der Waals surface area (Å²) >= 11 is 0. The van der Waals surface area contributed by atoms with Crippen molar-refractivity contribution < 1.29 is 28.7 Å². The number of hydrogen-bond donors (Lipinski definition) is 2.